The van der Waals surface area contributed by atoms with E-state index >= 15 is 0 Å². The van der Waals surface area contributed by atoms with Crippen LogP contribution in [-0.2, 0) is 7.05 Å². The molecule has 1 unspecified atom stereocenters. The van der Waals surface area contributed by atoms with E-state index in [0.29, 0.717) is 5.82 Å². The number of hydrogen-bond donors (Lipinski definition) is 1. The van der Waals surface area contributed by atoms with Crippen LogP contribution in [-0.4, -0.2) is 48.0 Å². The molecule has 118 valence electrons. The average Bonchev–Trinajstić information content (AvgIpc) is 3.05. The van der Waals surface area contributed by atoms with Crippen LogP contribution in [0, 0.1) is 0 Å². The second-order valence-electron chi connectivity index (χ2n) is 5.73. The molecule has 0 spiro atoms. The van der Waals surface area contributed by atoms with Crippen LogP contribution in [0.4, 0.5) is 5.82 Å². The van der Waals surface area contributed by atoms with Crippen molar-refractivity contribution in [2.75, 3.05) is 33.0 Å². The summed E-state index contributed by atoms with van der Waals surface area (Å²) in [4.78, 5) is 2.26. The van der Waals surface area contributed by atoms with Gasteiger partial charge in [0, 0.05) is 31.8 Å². The van der Waals surface area contributed by atoms with Gasteiger partial charge < -0.3 is 20.1 Å². The molecular weight excluding hydrogens is 280 g/mol. The SMILES string of the molecule is COc1ccc(-c2cc(N)n(C)n2)cc1OC1CCN(C)C1. The van der Waals surface area contributed by atoms with Crippen LogP contribution in [0.15, 0.2) is 24.3 Å². The monoisotopic (exact) mass is 302 g/mol. The topological polar surface area (TPSA) is 65.5 Å². The van der Waals surface area contributed by atoms with Crippen LogP contribution in [0.25, 0.3) is 11.3 Å². The van der Waals surface area contributed by atoms with Gasteiger partial charge in [-0.2, -0.15) is 5.10 Å². The summed E-state index contributed by atoms with van der Waals surface area (Å²) in [7, 11) is 5.59. The molecule has 2 N–H and O–H groups in total. The minimum Gasteiger partial charge on any atom is -0.493 e. The van der Waals surface area contributed by atoms with Gasteiger partial charge in [-0.15, -0.1) is 0 Å². The number of nitrogen functional groups attached to an aromatic ring is 1. The summed E-state index contributed by atoms with van der Waals surface area (Å²) in [6.07, 6.45) is 1.23. The molecule has 2 heterocycles. The van der Waals surface area contributed by atoms with Gasteiger partial charge in [0.25, 0.3) is 0 Å². The Hall–Kier alpha value is -2.21. The molecule has 1 aliphatic heterocycles. The third-order valence-corrected chi connectivity index (χ3v) is 4.02. The van der Waals surface area contributed by atoms with Crippen LogP contribution in [0.2, 0.25) is 0 Å². The fraction of sp³-hybridized carbons (Fsp3) is 0.438. The van der Waals surface area contributed by atoms with Crippen LogP contribution in [0.1, 0.15) is 6.42 Å². The molecule has 0 radical (unpaired) electrons. The maximum atomic E-state index is 6.13. The number of rotatable bonds is 4. The molecular formula is C16H22N4O2. The average molecular weight is 302 g/mol. The fourth-order valence-corrected chi connectivity index (χ4v) is 2.72. The molecule has 1 atom stereocenters. The molecule has 6 heteroatoms. The zero-order chi connectivity index (χ0) is 15.7. The van der Waals surface area contributed by atoms with E-state index in [1.807, 2.05) is 31.3 Å². The highest BCUT2D eigenvalue weighted by Crippen LogP contribution is 2.34. The van der Waals surface area contributed by atoms with Crippen molar-refractivity contribution in [1.29, 1.82) is 0 Å². The van der Waals surface area contributed by atoms with Gasteiger partial charge in [-0.1, -0.05) is 0 Å². The predicted molar refractivity (Wildman–Crippen MR) is 86.1 cm³/mol. The van der Waals surface area contributed by atoms with Crippen molar-refractivity contribution in [3.8, 4) is 22.8 Å². The Bertz CT molecular complexity index is 649. The summed E-state index contributed by atoms with van der Waals surface area (Å²) in [5.74, 6) is 2.12. The van der Waals surface area contributed by atoms with E-state index in [2.05, 4.69) is 17.0 Å². The summed E-state index contributed by atoms with van der Waals surface area (Å²) in [5.41, 5.74) is 7.66. The molecule has 0 aliphatic carbocycles. The summed E-state index contributed by atoms with van der Waals surface area (Å²) < 4.78 is 13.2. The Morgan fingerprint density at radius 3 is 2.64 bits per heavy atom. The normalized spacial score (nSPS) is 18.6. The van der Waals surface area contributed by atoms with Crippen molar-refractivity contribution in [2.24, 2.45) is 7.05 Å². The summed E-state index contributed by atoms with van der Waals surface area (Å²) in [6.45, 7) is 1.99. The van der Waals surface area contributed by atoms with Crippen LogP contribution in [0.5, 0.6) is 11.5 Å². The number of benzene rings is 1. The first kappa shape index (κ1) is 14.7. The molecule has 1 aromatic heterocycles. The molecule has 0 bridgehead atoms. The quantitative estimate of drug-likeness (QED) is 0.932. The van der Waals surface area contributed by atoms with E-state index in [1.165, 1.54) is 0 Å². The Kier molecular flexibility index (Phi) is 3.94. The molecule has 1 aromatic carbocycles. The number of nitrogens with two attached hydrogens (primary N) is 1. The number of anilines is 1. The van der Waals surface area contributed by atoms with Gasteiger partial charge in [0.2, 0.25) is 0 Å². The zero-order valence-electron chi connectivity index (χ0n) is 13.2. The smallest absolute Gasteiger partial charge is 0.162 e. The van der Waals surface area contributed by atoms with Gasteiger partial charge in [-0.05, 0) is 31.7 Å². The van der Waals surface area contributed by atoms with E-state index in [4.69, 9.17) is 15.2 Å². The predicted octanol–water partition coefficient (Wildman–Crippen LogP) is 1.76. The van der Waals surface area contributed by atoms with Crippen molar-refractivity contribution in [1.82, 2.24) is 14.7 Å². The van der Waals surface area contributed by atoms with Crippen molar-refractivity contribution in [2.45, 2.75) is 12.5 Å². The number of hydrogen-bond acceptors (Lipinski definition) is 5. The highest BCUT2D eigenvalue weighted by atomic mass is 16.5. The van der Waals surface area contributed by atoms with Crippen molar-refractivity contribution < 1.29 is 9.47 Å². The molecule has 1 saturated heterocycles. The number of likely N-dealkylation sites (tertiary alicyclic amines) is 1. The molecule has 2 aromatic rings. The minimum atomic E-state index is 0.197. The fourth-order valence-electron chi connectivity index (χ4n) is 2.72. The molecule has 6 nitrogen and oxygen atoms in total. The second kappa shape index (κ2) is 5.88. The van der Waals surface area contributed by atoms with Crippen molar-refractivity contribution in [3.05, 3.63) is 24.3 Å². The van der Waals surface area contributed by atoms with E-state index in [1.54, 1.807) is 11.8 Å². The number of aromatic nitrogens is 2. The Labute approximate surface area is 130 Å². The number of aryl methyl sites for hydroxylation is 1. The number of nitrogens with zero attached hydrogens (tertiary/aromatic N) is 3. The van der Waals surface area contributed by atoms with Gasteiger partial charge in [0.1, 0.15) is 11.9 Å². The lowest BCUT2D eigenvalue weighted by molar-refractivity contribution is 0.199. The lowest BCUT2D eigenvalue weighted by Gasteiger charge is -2.17. The first-order chi connectivity index (χ1) is 10.6. The van der Waals surface area contributed by atoms with Gasteiger partial charge in [0.15, 0.2) is 11.5 Å². The Balaban J connectivity index is 1.88. The highest BCUT2D eigenvalue weighted by molar-refractivity contribution is 5.66. The summed E-state index contributed by atoms with van der Waals surface area (Å²) in [6, 6.07) is 7.70. The van der Waals surface area contributed by atoms with Gasteiger partial charge in [-0.3, -0.25) is 4.68 Å². The van der Waals surface area contributed by atoms with Gasteiger partial charge in [-0.25, -0.2) is 0 Å². The first-order valence-corrected chi connectivity index (χ1v) is 7.40. The van der Waals surface area contributed by atoms with Gasteiger partial charge >= 0.3 is 0 Å². The number of methoxy groups -OCH3 is 1. The lowest BCUT2D eigenvalue weighted by Crippen LogP contribution is -2.21. The summed E-state index contributed by atoms with van der Waals surface area (Å²) >= 11 is 0. The zero-order valence-corrected chi connectivity index (χ0v) is 13.2. The van der Waals surface area contributed by atoms with E-state index < -0.39 is 0 Å². The minimum absolute atomic E-state index is 0.197. The standard InChI is InChI=1S/C16H22N4O2/c1-19-7-6-12(10-19)22-15-8-11(4-5-14(15)21-3)13-9-16(17)20(2)18-13/h4-5,8-9,12H,6-7,10,17H2,1-3H3. The Morgan fingerprint density at radius 2 is 2.05 bits per heavy atom. The maximum absolute atomic E-state index is 6.13. The highest BCUT2D eigenvalue weighted by Gasteiger charge is 2.22. The molecule has 0 amide bonds. The maximum Gasteiger partial charge on any atom is 0.162 e. The van der Waals surface area contributed by atoms with E-state index in [0.717, 1.165) is 42.3 Å². The summed E-state index contributed by atoms with van der Waals surface area (Å²) in [5, 5.41) is 4.41. The molecule has 1 aliphatic rings. The largest absolute Gasteiger partial charge is 0.493 e. The molecule has 22 heavy (non-hydrogen) atoms. The van der Waals surface area contributed by atoms with Gasteiger partial charge in [0.05, 0.1) is 12.8 Å². The van der Waals surface area contributed by atoms with Crippen LogP contribution < -0.4 is 15.2 Å². The van der Waals surface area contributed by atoms with Crippen molar-refractivity contribution >= 4 is 5.82 Å². The number of likely N-dealkylation sites (N-methyl/N-ethyl adjacent to an activating group) is 1. The molecule has 3 rings (SSSR count). The van der Waals surface area contributed by atoms with E-state index in [9.17, 15) is 0 Å². The Morgan fingerprint density at radius 1 is 1.23 bits per heavy atom. The lowest BCUT2D eigenvalue weighted by atomic mass is 10.1. The first-order valence-electron chi connectivity index (χ1n) is 7.40. The van der Waals surface area contributed by atoms with Crippen LogP contribution in [0.3, 0.4) is 0 Å². The number of ether oxygens (including phenoxy) is 2. The molecule has 0 saturated carbocycles. The molecule has 1 fully saturated rings. The second-order valence-corrected chi connectivity index (χ2v) is 5.73. The third-order valence-electron chi connectivity index (χ3n) is 4.02. The van der Waals surface area contributed by atoms with E-state index in [-0.39, 0.29) is 6.10 Å². The van der Waals surface area contributed by atoms with Crippen LogP contribution >= 0.6 is 0 Å². The van der Waals surface area contributed by atoms with Crippen molar-refractivity contribution in [3.63, 3.8) is 0 Å². The third kappa shape index (κ3) is 2.87.